The zero-order chi connectivity index (χ0) is 21.6. The number of halogens is 1. The number of carbonyl (C=O) groups excluding carboxylic acids is 2. The third kappa shape index (κ3) is 5.50. The first kappa shape index (κ1) is 21.5. The van der Waals surface area contributed by atoms with Crippen LogP contribution in [0.15, 0.2) is 58.5 Å². The Balaban J connectivity index is 1.52. The maximum atomic E-state index is 12.3. The molecule has 0 aliphatic heterocycles. The Morgan fingerprint density at radius 1 is 1.13 bits per heavy atom. The molecule has 0 fully saturated rings. The second kappa shape index (κ2) is 10.1. The fourth-order valence-electron chi connectivity index (χ4n) is 2.61. The summed E-state index contributed by atoms with van der Waals surface area (Å²) in [5, 5.41) is 19.3. The van der Waals surface area contributed by atoms with Gasteiger partial charge >= 0.3 is 0 Å². The number of hydrogen-bond donors (Lipinski definition) is 2. The van der Waals surface area contributed by atoms with E-state index in [1.165, 1.54) is 34.4 Å². The largest absolute Gasteiger partial charge is 0.344 e. The van der Waals surface area contributed by atoms with Gasteiger partial charge in [0.1, 0.15) is 0 Å². The topological polar surface area (TPSA) is 102 Å². The maximum Gasteiger partial charge on any atom is 0.261 e. The molecular formula is C19H15ClN6O2S3. The molecule has 158 valence electrons. The Labute approximate surface area is 194 Å². The van der Waals surface area contributed by atoms with Crippen LogP contribution < -0.4 is 10.6 Å². The number of anilines is 1. The van der Waals surface area contributed by atoms with Gasteiger partial charge in [-0.15, -0.1) is 32.9 Å². The minimum atomic E-state index is -0.201. The molecule has 4 aromatic rings. The third-order valence-corrected chi connectivity index (χ3v) is 6.65. The molecule has 2 amide bonds. The molecule has 0 atom stereocenters. The first-order valence-electron chi connectivity index (χ1n) is 8.94. The first-order valence-corrected chi connectivity index (χ1v) is 12.1. The fourth-order valence-corrected chi connectivity index (χ4v) is 4.75. The first-order chi connectivity index (χ1) is 15.1. The number of carbonyl (C=O) groups is 2. The molecule has 2 N–H and O–H groups in total. The number of thiazole rings is 1. The number of hydrogen-bond acceptors (Lipinski definition) is 8. The minimum absolute atomic E-state index is 0.125. The van der Waals surface area contributed by atoms with Crippen molar-refractivity contribution < 1.29 is 9.59 Å². The van der Waals surface area contributed by atoms with Crippen molar-refractivity contribution in [3.63, 3.8) is 0 Å². The number of benzene rings is 1. The predicted octanol–water partition coefficient (Wildman–Crippen LogP) is 4.10. The molecule has 3 heterocycles. The van der Waals surface area contributed by atoms with E-state index < -0.39 is 0 Å². The van der Waals surface area contributed by atoms with Crippen molar-refractivity contribution in [1.82, 2.24) is 25.1 Å². The normalized spacial score (nSPS) is 10.7. The molecule has 0 unspecified atom stereocenters. The van der Waals surface area contributed by atoms with Crippen LogP contribution in [-0.2, 0) is 11.3 Å². The SMILES string of the molecule is O=C(CSc1nnc(CNC(=O)c2cccs2)n1-c1cccc(Cl)c1)Nc1nccs1. The van der Waals surface area contributed by atoms with E-state index in [9.17, 15) is 9.59 Å². The van der Waals surface area contributed by atoms with E-state index in [0.717, 1.165) is 5.69 Å². The summed E-state index contributed by atoms with van der Waals surface area (Å²) in [6.07, 6.45) is 1.62. The highest BCUT2D eigenvalue weighted by Gasteiger charge is 2.18. The molecular weight excluding hydrogens is 476 g/mol. The van der Waals surface area contributed by atoms with Crippen LogP contribution in [0.5, 0.6) is 0 Å². The smallest absolute Gasteiger partial charge is 0.261 e. The number of thioether (sulfide) groups is 1. The van der Waals surface area contributed by atoms with E-state index in [4.69, 9.17) is 11.6 Å². The quantitative estimate of drug-likeness (QED) is 0.360. The van der Waals surface area contributed by atoms with E-state index >= 15 is 0 Å². The molecule has 1 aromatic carbocycles. The van der Waals surface area contributed by atoms with E-state index in [0.29, 0.717) is 26.0 Å². The van der Waals surface area contributed by atoms with Crippen molar-refractivity contribution in [3.8, 4) is 5.69 Å². The third-order valence-electron chi connectivity index (χ3n) is 3.93. The van der Waals surface area contributed by atoms with E-state index in [2.05, 4.69) is 25.8 Å². The summed E-state index contributed by atoms with van der Waals surface area (Å²) in [5.41, 5.74) is 0.737. The van der Waals surface area contributed by atoms with Crippen LogP contribution in [0.3, 0.4) is 0 Å². The lowest BCUT2D eigenvalue weighted by molar-refractivity contribution is -0.113. The van der Waals surface area contributed by atoms with Crippen molar-refractivity contribution in [2.45, 2.75) is 11.7 Å². The Kier molecular flexibility index (Phi) is 6.97. The Morgan fingerprint density at radius 3 is 2.77 bits per heavy atom. The molecule has 0 spiro atoms. The Bertz CT molecular complexity index is 1180. The lowest BCUT2D eigenvalue weighted by Gasteiger charge is -2.11. The lowest BCUT2D eigenvalue weighted by atomic mass is 10.3. The number of thiophene rings is 1. The highest BCUT2D eigenvalue weighted by molar-refractivity contribution is 7.99. The summed E-state index contributed by atoms with van der Waals surface area (Å²) >= 11 is 10.1. The van der Waals surface area contributed by atoms with E-state index in [1.807, 2.05) is 23.6 Å². The fraction of sp³-hybridized carbons (Fsp3) is 0.105. The van der Waals surface area contributed by atoms with Gasteiger partial charge in [-0.05, 0) is 29.6 Å². The Morgan fingerprint density at radius 2 is 2.03 bits per heavy atom. The molecule has 0 aliphatic carbocycles. The van der Waals surface area contributed by atoms with Crippen molar-refractivity contribution in [2.75, 3.05) is 11.1 Å². The molecule has 12 heteroatoms. The summed E-state index contributed by atoms with van der Waals surface area (Å²) in [4.78, 5) is 29.2. The summed E-state index contributed by atoms with van der Waals surface area (Å²) in [5.74, 6) is 0.260. The van der Waals surface area contributed by atoms with Crippen LogP contribution in [-0.4, -0.2) is 37.3 Å². The standard InChI is InChI=1S/C19H15ClN6O2S3/c20-12-3-1-4-13(9-12)26-15(10-22-17(28)14-5-2-7-29-14)24-25-19(26)31-11-16(27)23-18-21-6-8-30-18/h1-9H,10-11H2,(H,22,28)(H,21,23,27). The van der Waals surface area contributed by atoms with Gasteiger partial charge in [0.2, 0.25) is 5.91 Å². The zero-order valence-corrected chi connectivity index (χ0v) is 19.0. The number of nitrogens with one attached hydrogen (secondary N) is 2. The molecule has 0 radical (unpaired) electrons. The van der Waals surface area contributed by atoms with Gasteiger partial charge in [-0.25, -0.2) is 4.98 Å². The van der Waals surface area contributed by atoms with Gasteiger partial charge in [0, 0.05) is 16.6 Å². The second-order valence-electron chi connectivity index (χ2n) is 6.05. The maximum absolute atomic E-state index is 12.3. The van der Waals surface area contributed by atoms with Gasteiger partial charge in [0.05, 0.1) is 22.9 Å². The van der Waals surface area contributed by atoms with Gasteiger partial charge in [0.25, 0.3) is 5.91 Å². The summed E-state index contributed by atoms with van der Waals surface area (Å²) < 4.78 is 1.78. The highest BCUT2D eigenvalue weighted by Crippen LogP contribution is 2.24. The highest BCUT2D eigenvalue weighted by atomic mass is 35.5. The molecule has 8 nitrogen and oxygen atoms in total. The minimum Gasteiger partial charge on any atom is -0.344 e. The van der Waals surface area contributed by atoms with E-state index in [1.54, 1.807) is 34.3 Å². The number of aromatic nitrogens is 4. The summed E-state index contributed by atoms with van der Waals surface area (Å²) in [7, 11) is 0. The van der Waals surface area contributed by atoms with Crippen LogP contribution >= 0.6 is 46.0 Å². The van der Waals surface area contributed by atoms with Gasteiger partial charge in [0.15, 0.2) is 16.1 Å². The van der Waals surface area contributed by atoms with Crippen LogP contribution in [0, 0.1) is 0 Å². The van der Waals surface area contributed by atoms with Crippen LogP contribution in [0.25, 0.3) is 5.69 Å². The van der Waals surface area contributed by atoms with Crippen molar-refractivity contribution >= 4 is 63.0 Å². The van der Waals surface area contributed by atoms with Crippen LogP contribution in [0.1, 0.15) is 15.5 Å². The number of nitrogens with zero attached hydrogens (tertiary/aromatic N) is 4. The number of amides is 2. The second-order valence-corrected chi connectivity index (χ2v) is 9.27. The summed E-state index contributed by atoms with van der Waals surface area (Å²) in [6, 6.07) is 10.8. The van der Waals surface area contributed by atoms with Gasteiger partial charge in [-0.2, -0.15) is 0 Å². The van der Waals surface area contributed by atoms with E-state index in [-0.39, 0.29) is 24.1 Å². The molecule has 31 heavy (non-hydrogen) atoms. The van der Waals surface area contributed by atoms with Crippen LogP contribution in [0.4, 0.5) is 5.13 Å². The Hall–Kier alpha value is -2.73. The van der Waals surface area contributed by atoms with Crippen molar-refractivity contribution in [2.24, 2.45) is 0 Å². The average molecular weight is 491 g/mol. The van der Waals surface area contributed by atoms with Crippen molar-refractivity contribution in [1.29, 1.82) is 0 Å². The van der Waals surface area contributed by atoms with Gasteiger partial charge in [-0.1, -0.05) is 35.5 Å². The zero-order valence-electron chi connectivity index (χ0n) is 15.8. The predicted molar refractivity (Wildman–Crippen MR) is 123 cm³/mol. The monoisotopic (exact) mass is 490 g/mol. The molecule has 4 rings (SSSR count). The molecule has 0 saturated heterocycles. The average Bonchev–Trinajstić information content (AvgIpc) is 3.52. The molecule has 0 bridgehead atoms. The molecule has 0 saturated carbocycles. The molecule has 3 aromatic heterocycles. The summed E-state index contributed by atoms with van der Waals surface area (Å²) in [6.45, 7) is 0.169. The lowest BCUT2D eigenvalue weighted by Crippen LogP contribution is -2.24. The van der Waals surface area contributed by atoms with Crippen LogP contribution in [0.2, 0.25) is 5.02 Å². The van der Waals surface area contributed by atoms with Gasteiger partial charge < -0.3 is 10.6 Å². The number of rotatable bonds is 8. The van der Waals surface area contributed by atoms with Gasteiger partial charge in [-0.3, -0.25) is 14.2 Å². The van der Waals surface area contributed by atoms with Crippen molar-refractivity contribution in [3.05, 3.63) is 69.1 Å². The molecule has 0 aliphatic rings.